The first-order chi connectivity index (χ1) is 7.34. The lowest BCUT2D eigenvalue weighted by Gasteiger charge is -2.24. The molecule has 2 aliphatic rings. The first kappa shape index (κ1) is 9.09. The summed E-state index contributed by atoms with van der Waals surface area (Å²) in [5.41, 5.74) is 0. The van der Waals surface area contributed by atoms with Crippen LogP contribution in [0, 0.1) is 12.8 Å². The maximum absolute atomic E-state index is 4.50. The van der Waals surface area contributed by atoms with E-state index in [-0.39, 0.29) is 0 Å². The predicted molar refractivity (Wildman–Crippen MR) is 58.9 cm³/mol. The van der Waals surface area contributed by atoms with E-state index in [9.17, 15) is 0 Å². The third-order valence-corrected chi connectivity index (χ3v) is 3.50. The van der Waals surface area contributed by atoms with E-state index in [1.165, 1.54) is 13.0 Å². The van der Waals surface area contributed by atoms with Crippen LogP contribution in [0.4, 0.5) is 5.82 Å². The first-order valence-corrected chi connectivity index (χ1v) is 5.61. The largest absolute Gasteiger partial charge is 0.352 e. The SMILES string of the molecule is Cc1nccc(N2CC[C@H]3CNC[C@H]32)n1. The first-order valence-electron chi connectivity index (χ1n) is 5.61. The molecule has 0 aromatic carbocycles. The minimum absolute atomic E-state index is 0.652. The Morgan fingerprint density at radius 3 is 3.27 bits per heavy atom. The molecule has 0 amide bonds. The zero-order chi connectivity index (χ0) is 10.3. The molecule has 15 heavy (non-hydrogen) atoms. The number of hydrogen-bond donors (Lipinski definition) is 1. The van der Waals surface area contributed by atoms with Crippen LogP contribution >= 0.6 is 0 Å². The maximum Gasteiger partial charge on any atom is 0.132 e. The molecule has 0 aliphatic carbocycles. The topological polar surface area (TPSA) is 41.1 Å². The lowest BCUT2D eigenvalue weighted by Crippen LogP contribution is -2.34. The van der Waals surface area contributed by atoms with Crippen molar-refractivity contribution in [1.82, 2.24) is 15.3 Å². The van der Waals surface area contributed by atoms with Crippen molar-refractivity contribution in [2.75, 3.05) is 24.5 Å². The van der Waals surface area contributed by atoms with Crippen molar-refractivity contribution >= 4 is 5.82 Å². The van der Waals surface area contributed by atoms with Crippen LogP contribution in [0.25, 0.3) is 0 Å². The molecule has 4 heteroatoms. The van der Waals surface area contributed by atoms with E-state index in [0.29, 0.717) is 6.04 Å². The molecule has 1 aromatic heterocycles. The van der Waals surface area contributed by atoms with Crippen LogP contribution in [0.3, 0.4) is 0 Å². The van der Waals surface area contributed by atoms with E-state index in [4.69, 9.17) is 0 Å². The van der Waals surface area contributed by atoms with Crippen LogP contribution < -0.4 is 10.2 Å². The van der Waals surface area contributed by atoms with Gasteiger partial charge in [0.1, 0.15) is 11.6 Å². The molecular weight excluding hydrogens is 188 g/mol. The van der Waals surface area contributed by atoms with Crippen molar-refractivity contribution in [3.8, 4) is 0 Å². The molecule has 2 atom stereocenters. The minimum atomic E-state index is 0.652. The smallest absolute Gasteiger partial charge is 0.132 e. The van der Waals surface area contributed by atoms with Gasteiger partial charge in [-0.15, -0.1) is 0 Å². The zero-order valence-corrected chi connectivity index (χ0v) is 8.98. The van der Waals surface area contributed by atoms with Crippen molar-refractivity contribution in [3.05, 3.63) is 18.1 Å². The molecule has 2 saturated heterocycles. The van der Waals surface area contributed by atoms with Crippen LogP contribution in [0.1, 0.15) is 12.2 Å². The minimum Gasteiger partial charge on any atom is -0.352 e. The van der Waals surface area contributed by atoms with Gasteiger partial charge < -0.3 is 10.2 Å². The fraction of sp³-hybridized carbons (Fsp3) is 0.636. The van der Waals surface area contributed by atoms with Crippen LogP contribution in [-0.2, 0) is 0 Å². The van der Waals surface area contributed by atoms with E-state index in [0.717, 1.165) is 30.6 Å². The quantitative estimate of drug-likeness (QED) is 0.726. The molecule has 2 fully saturated rings. The second-order valence-electron chi connectivity index (χ2n) is 4.43. The number of fused-ring (bicyclic) bond motifs is 1. The van der Waals surface area contributed by atoms with Crippen molar-refractivity contribution in [2.24, 2.45) is 5.92 Å². The number of hydrogen-bond acceptors (Lipinski definition) is 4. The highest BCUT2D eigenvalue weighted by atomic mass is 15.3. The molecular formula is C11H16N4. The monoisotopic (exact) mass is 204 g/mol. The van der Waals surface area contributed by atoms with Gasteiger partial charge in [0.05, 0.1) is 0 Å². The Labute approximate surface area is 89.7 Å². The van der Waals surface area contributed by atoms with Crippen LogP contribution in [0.2, 0.25) is 0 Å². The average Bonchev–Trinajstić information content (AvgIpc) is 2.77. The highest BCUT2D eigenvalue weighted by Crippen LogP contribution is 2.30. The molecule has 0 saturated carbocycles. The summed E-state index contributed by atoms with van der Waals surface area (Å²) in [5.74, 6) is 2.78. The van der Waals surface area contributed by atoms with Crippen molar-refractivity contribution in [1.29, 1.82) is 0 Å². The van der Waals surface area contributed by atoms with Crippen molar-refractivity contribution in [2.45, 2.75) is 19.4 Å². The number of aryl methyl sites for hydroxylation is 1. The van der Waals surface area contributed by atoms with Gasteiger partial charge in [-0.05, 0) is 25.3 Å². The average molecular weight is 204 g/mol. The Bertz CT molecular complexity index is 365. The van der Waals surface area contributed by atoms with Gasteiger partial charge in [0.2, 0.25) is 0 Å². The molecule has 0 radical (unpaired) electrons. The molecule has 2 aliphatic heterocycles. The van der Waals surface area contributed by atoms with Crippen LogP contribution in [0.5, 0.6) is 0 Å². The maximum atomic E-state index is 4.50. The van der Waals surface area contributed by atoms with Gasteiger partial charge in [-0.1, -0.05) is 0 Å². The van der Waals surface area contributed by atoms with Gasteiger partial charge in [-0.3, -0.25) is 0 Å². The summed E-state index contributed by atoms with van der Waals surface area (Å²) in [5, 5.41) is 3.45. The van der Waals surface area contributed by atoms with E-state index in [2.05, 4.69) is 20.2 Å². The number of nitrogens with one attached hydrogen (secondary N) is 1. The van der Waals surface area contributed by atoms with Gasteiger partial charge in [0.25, 0.3) is 0 Å². The Morgan fingerprint density at radius 2 is 2.40 bits per heavy atom. The summed E-state index contributed by atoms with van der Waals surface area (Å²) in [4.78, 5) is 11.1. The van der Waals surface area contributed by atoms with E-state index < -0.39 is 0 Å². The van der Waals surface area contributed by atoms with Crippen molar-refractivity contribution < 1.29 is 0 Å². The van der Waals surface area contributed by atoms with Crippen molar-refractivity contribution in [3.63, 3.8) is 0 Å². The standard InChI is InChI=1S/C11H16N4/c1-8-13-4-2-11(14-8)15-5-3-9-6-12-7-10(9)15/h2,4,9-10,12H,3,5-7H2,1H3/t9-,10+/m0/s1. The second-order valence-corrected chi connectivity index (χ2v) is 4.43. The van der Waals surface area contributed by atoms with E-state index in [1.807, 2.05) is 19.2 Å². The van der Waals surface area contributed by atoms with Gasteiger partial charge in [0, 0.05) is 31.9 Å². The Balaban J connectivity index is 1.88. The number of anilines is 1. The molecule has 0 unspecified atom stereocenters. The van der Waals surface area contributed by atoms with Crippen LogP contribution in [0.15, 0.2) is 12.3 Å². The molecule has 3 rings (SSSR count). The zero-order valence-electron chi connectivity index (χ0n) is 8.98. The second kappa shape index (κ2) is 3.45. The summed E-state index contributed by atoms with van der Waals surface area (Å²) < 4.78 is 0. The van der Waals surface area contributed by atoms with Gasteiger partial charge in [-0.25, -0.2) is 9.97 Å². The van der Waals surface area contributed by atoms with Gasteiger partial charge in [0.15, 0.2) is 0 Å². The lowest BCUT2D eigenvalue weighted by atomic mass is 10.1. The van der Waals surface area contributed by atoms with Gasteiger partial charge in [-0.2, -0.15) is 0 Å². The van der Waals surface area contributed by atoms with Gasteiger partial charge >= 0.3 is 0 Å². The molecule has 0 bridgehead atoms. The third kappa shape index (κ3) is 1.49. The fourth-order valence-electron chi connectivity index (χ4n) is 2.74. The molecule has 4 nitrogen and oxygen atoms in total. The lowest BCUT2D eigenvalue weighted by molar-refractivity contribution is 0.577. The number of rotatable bonds is 1. The number of aromatic nitrogens is 2. The summed E-state index contributed by atoms with van der Waals surface area (Å²) >= 11 is 0. The molecule has 3 heterocycles. The van der Waals surface area contributed by atoms with E-state index in [1.54, 1.807) is 0 Å². The summed E-state index contributed by atoms with van der Waals surface area (Å²) in [6.45, 7) is 5.37. The number of nitrogens with zero attached hydrogens (tertiary/aromatic N) is 3. The molecule has 0 spiro atoms. The normalized spacial score (nSPS) is 29.5. The Kier molecular flexibility index (Phi) is 2.09. The molecule has 1 N–H and O–H groups in total. The highest BCUT2D eigenvalue weighted by molar-refractivity contribution is 5.41. The fourth-order valence-corrected chi connectivity index (χ4v) is 2.74. The summed E-state index contributed by atoms with van der Waals surface area (Å²) in [7, 11) is 0. The molecule has 1 aromatic rings. The summed E-state index contributed by atoms with van der Waals surface area (Å²) in [6.07, 6.45) is 3.15. The Morgan fingerprint density at radius 1 is 1.47 bits per heavy atom. The molecule has 80 valence electrons. The van der Waals surface area contributed by atoms with E-state index >= 15 is 0 Å². The Hall–Kier alpha value is -1.16. The highest BCUT2D eigenvalue weighted by Gasteiger charge is 2.37. The van der Waals surface area contributed by atoms with Crippen LogP contribution in [-0.4, -0.2) is 35.6 Å². The predicted octanol–water partition coefficient (Wildman–Crippen LogP) is 0.583. The summed E-state index contributed by atoms with van der Waals surface area (Å²) in [6, 6.07) is 2.67. The third-order valence-electron chi connectivity index (χ3n) is 3.50.